The van der Waals surface area contributed by atoms with Gasteiger partial charge in [0.05, 0.1) is 27.8 Å². The van der Waals surface area contributed by atoms with E-state index in [4.69, 9.17) is 14.4 Å². The predicted molar refractivity (Wildman–Crippen MR) is 232 cm³/mol. The highest BCUT2D eigenvalue weighted by molar-refractivity contribution is 6.16. The summed E-state index contributed by atoms with van der Waals surface area (Å²) >= 11 is 0. The largest absolute Gasteiger partial charge is 0.456 e. The second-order valence-corrected chi connectivity index (χ2v) is 14.6. The van der Waals surface area contributed by atoms with Crippen LogP contribution in [0.4, 0.5) is 0 Å². The first-order chi connectivity index (χ1) is 27.8. The minimum atomic E-state index is 0.858. The lowest BCUT2D eigenvalue weighted by atomic mass is 9.93. The van der Waals surface area contributed by atoms with Gasteiger partial charge in [0.15, 0.2) is 0 Å². The molecule has 0 atom stereocenters. The van der Waals surface area contributed by atoms with Gasteiger partial charge in [0.2, 0.25) is 0 Å². The van der Waals surface area contributed by atoms with E-state index in [1.165, 1.54) is 49.1 Å². The molecular weight excluding hydrogens is 683 g/mol. The zero-order valence-electron chi connectivity index (χ0n) is 30.1. The predicted octanol–water partition coefficient (Wildman–Crippen LogP) is 13.9. The third-order valence-corrected chi connectivity index (χ3v) is 11.5. The minimum Gasteiger partial charge on any atom is -0.456 e. The Bertz CT molecular complexity index is 3540. The Labute approximate surface area is 321 Å². The molecule has 0 radical (unpaired) electrons. The summed E-state index contributed by atoms with van der Waals surface area (Å²) in [5.74, 6) is 0. The molecule has 12 aromatic rings. The van der Waals surface area contributed by atoms with E-state index in [0.717, 1.165) is 66.3 Å². The molecule has 12 rings (SSSR count). The molecule has 0 saturated heterocycles. The van der Waals surface area contributed by atoms with Gasteiger partial charge in [-0.3, -0.25) is 9.97 Å². The van der Waals surface area contributed by atoms with E-state index >= 15 is 0 Å². The van der Waals surface area contributed by atoms with Crippen LogP contribution in [-0.2, 0) is 0 Å². The fourth-order valence-corrected chi connectivity index (χ4v) is 8.89. The molecule has 0 unspecified atom stereocenters. The van der Waals surface area contributed by atoms with E-state index in [1.807, 2.05) is 12.1 Å². The van der Waals surface area contributed by atoms with Gasteiger partial charge in [-0.15, -0.1) is 0 Å². The Kier molecular flexibility index (Phi) is 6.60. The van der Waals surface area contributed by atoms with E-state index < -0.39 is 0 Å². The molecule has 3 aromatic heterocycles. The molecule has 0 N–H and O–H groups in total. The molecule has 0 spiro atoms. The maximum atomic E-state index is 6.28. The molecule has 9 aromatic carbocycles. The van der Waals surface area contributed by atoms with Crippen molar-refractivity contribution in [2.45, 2.75) is 0 Å². The van der Waals surface area contributed by atoms with Gasteiger partial charge in [0.25, 0.3) is 0 Å². The molecule has 0 bridgehead atoms. The Morgan fingerprint density at radius 3 is 1.84 bits per heavy atom. The van der Waals surface area contributed by atoms with Crippen LogP contribution < -0.4 is 0 Å². The van der Waals surface area contributed by atoms with Crippen LogP contribution in [0, 0.1) is 0 Å². The number of nitrogens with zero attached hydrogens (tertiary/aromatic N) is 3. The highest BCUT2D eigenvalue weighted by atomic mass is 16.3. The van der Waals surface area contributed by atoms with Crippen LogP contribution in [-0.4, -0.2) is 14.5 Å². The van der Waals surface area contributed by atoms with Gasteiger partial charge >= 0.3 is 0 Å². The van der Waals surface area contributed by atoms with E-state index in [2.05, 4.69) is 168 Å². The summed E-state index contributed by atoms with van der Waals surface area (Å²) in [5.41, 5.74) is 13.6. The molecule has 0 fully saturated rings. The van der Waals surface area contributed by atoms with Gasteiger partial charge in [-0.25, -0.2) is 0 Å². The number of rotatable bonds is 4. The monoisotopic (exact) mass is 713 g/mol. The molecule has 260 valence electrons. The van der Waals surface area contributed by atoms with Crippen LogP contribution in [0.2, 0.25) is 0 Å². The first-order valence-electron chi connectivity index (χ1n) is 19.0. The number of fused-ring (bicyclic) bond motifs is 9. The van der Waals surface area contributed by atoms with Crippen molar-refractivity contribution in [3.8, 4) is 39.1 Å². The number of aromatic nitrogens is 3. The van der Waals surface area contributed by atoms with Crippen LogP contribution >= 0.6 is 0 Å². The van der Waals surface area contributed by atoms with Crippen molar-refractivity contribution in [3.63, 3.8) is 0 Å². The number of hydrogen-bond donors (Lipinski definition) is 0. The van der Waals surface area contributed by atoms with Crippen LogP contribution in [0.5, 0.6) is 0 Å². The lowest BCUT2D eigenvalue weighted by Gasteiger charge is -2.17. The molecule has 0 aliphatic rings. The Morgan fingerprint density at radius 2 is 0.982 bits per heavy atom. The van der Waals surface area contributed by atoms with Crippen molar-refractivity contribution in [2.24, 2.45) is 0 Å². The summed E-state index contributed by atoms with van der Waals surface area (Å²) in [6.07, 6.45) is 3.58. The summed E-state index contributed by atoms with van der Waals surface area (Å²) < 4.78 is 8.74. The van der Waals surface area contributed by atoms with Gasteiger partial charge in [0.1, 0.15) is 11.2 Å². The lowest BCUT2D eigenvalue weighted by Crippen LogP contribution is -1.97. The zero-order chi connectivity index (χ0) is 36.7. The second-order valence-electron chi connectivity index (χ2n) is 14.6. The van der Waals surface area contributed by atoms with E-state index in [-0.39, 0.29) is 0 Å². The molecule has 0 aliphatic carbocycles. The van der Waals surface area contributed by atoms with Crippen molar-refractivity contribution < 1.29 is 4.42 Å². The third kappa shape index (κ3) is 4.60. The molecule has 56 heavy (non-hydrogen) atoms. The van der Waals surface area contributed by atoms with Crippen molar-refractivity contribution in [3.05, 3.63) is 188 Å². The molecule has 4 nitrogen and oxygen atoms in total. The number of furan rings is 1. The van der Waals surface area contributed by atoms with Gasteiger partial charge in [-0.1, -0.05) is 133 Å². The molecule has 3 heterocycles. The third-order valence-electron chi connectivity index (χ3n) is 11.5. The minimum absolute atomic E-state index is 0.858. The molecule has 4 heteroatoms. The normalized spacial score (nSPS) is 11.9. The maximum Gasteiger partial charge on any atom is 0.136 e. The van der Waals surface area contributed by atoms with Crippen molar-refractivity contribution in [1.82, 2.24) is 14.5 Å². The van der Waals surface area contributed by atoms with Crippen molar-refractivity contribution in [2.75, 3.05) is 0 Å². The summed E-state index contributed by atoms with van der Waals surface area (Å²) in [4.78, 5) is 9.91. The lowest BCUT2D eigenvalue weighted by molar-refractivity contribution is 0.669. The first kappa shape index (κ1) is 30.9. The fraction of sp³-hybridized carbons (Fsp3) is 0. The van der Waals surface area contributed by atoms with E-state index in [9.17, 15) is 0 Å². The Balaban J connectivity index is 1.08. The highest BCUT2D eigenvalue weighted by Gasteiger charge is 2.20. The second kappa shape index (κ2) is 12.0. The van der Waals surface area contributed by atoms with Crippen LogP contribution in [0.15, 0.2) is 193 Å². The van der Waals surface area contributed by atoms with Crippen LogP contribution in [0.1, 0.15) is 0 Å². The first-order valence-corrected chi connectivity index (χ1v) is 19.0. The molecular formula is C52H31N3O. The van der Waals surface area contributed by atoms with E-state index in [1.54, 1.807) is 12.4 Å². The molecule has 0 aliphatic heterocycles. The topological polar surface area (TPSA) is 43.9 Å². The summed E-state index contributed by atoms with van der Waals surface area (Å²) in [6.45, 7) is 0. The van der Waals surface area contributed by atoms with Gasteiger partial charge < -0.3 is 8.98 Å². The SMILES string of the molecule is c1ccc(-c2ccc3c4cc5ccccc5cc4n(-c4ccc(-c5ccc(-c6ccc7c(c6)oc6ccccc67)c6nccnc56)c5ccccc45)c3c2)cc1. The molecule has 0 amide bonds. The van der Waals surface area contributed by atoms with Crippen LogP contribution in [0.25, 0.3) is 115 Å². The van der Waals surface area contributed by atoms with E-state index in [0.29, 0.717) is 0 Å². The number of hydrogen-bond acceptors (Lipinski definition) is 3. The van der Waals surface area contributed by atoms with Gasteiger partial charge in [-0.2, -0.15) is 0 Å². The average Bonchev–Trinajstić information content (AvgIpc) is 3.79. The highest BCUT2D eigenvalue weighted by Crippen LogP contribution is 2.43. The Morgan fingerprint density at radius 1 is 0.357 bits per heavy atom. The zero-order valence-corrected chi connectivity index (χ0v) is 30.1. The molecule has 0 saturated carbocycles. The Hall–Kier alpha value is -7.56. The number of para-hydroxylation sites is 1. The van der Waals surface area contributed by atoms with Gasteiger partial charge in [-0.05, 0) is 80.9 Å². The van der Waals surface area contributed by atoms with Crippen molar-refractivity contribution >= 4 is 76.3 Å². The average molecular weight is 714 g/mol. The summed E-state index contributed by atoms with van der Waals surface area (Å²) in [6, 6.07) is 63.2. The number of benzene rings is 9. The summed E-state index contributed by atoms with van der Waals surface area (Å²) in [7, 11) is 0. The van der Waals surface area contributed by atoms with Crippen LogP contribution in [0.3, 0.4) is 0 Å². The quantitative estimate of drug-likeness (QED) is 0.182. The van der Waals surface area contributed by atoms with Crippen molar-refractivity contribution in [1.29, 1.82) is 0 Å². The standard InChI is InChI=1S/C52H31N3O/c1-2-10-32(11-3-1)35-18-20-41-45-28-33-12-4-5-13-34(33)29-48(45)55(47(41)30-35)46-25-24-39(38-14-6-7-15-40(38)46)44-23-22-37(51-52(44)54-27-26-53-51)36-19-21-43-42-16-8-9-17-49(42)56-50(43)31-36/h1-31H. The maximum absolute atomic E-state index is 6.28. The fourth-order valence-electron chi connectivity index (χ4n) is 8.89. The summed E-state index contributed by atoms with van der Waals surface area (Å²) in [5, 5.41) is 9.48. The van der Waals surface area contributed by atoms with Gasteiger partial charge in [0, 0.05) is 50.5 Å². The smallest absolute Gasteiger partial charge is 0.136 e.